The van der Waals surface area contributed by atoms with Gasteiger partial charge in [0.05, 0.1) is 0 Å². The maximum absolute atomic E-state index is 12.2. The van der Waals surface area contributed by atoms with Crippen molar-refractivity contribution in [3.05, 3.63) is 36.3 Å². The second kappa shape index (κ2) is 6.30. The zero-order chi connectivity index (χ0) is 15.4. The number of nitrogens with zero attached hydrogens (tertiary/aromatic N) is 2. The predicted octanol–water partition coefficient (Wildman–Crippen LogP) is 2.28. The Morgan fingerprint density at radius 2 is 2.09 bits per heavy atom. The molecule has 0 unspecified atom stereocenters. The van der Waals surface area contributed by atoms with Gasteiger partial charge in [0.25, 0.3) is 5.91 Å². The number of anilines is 2. The van der Waals surface area contributed by atoms with Crippen molar-refractivity contribution in [3.63, 3.8) is 0 Å². The summed E-state index contributed by atoms with van der Waals surface area (Å²) < 4.78 is 10.5. The number of aromatic nitrogens is 2. The minimum atomic E-state index is -0.305. The lowest BCUT2D eigenvalue weighted by Gasteiger charge is -2.07. The molecule has 3 rings (SSSR count). The normalized spacial score (nSPS) is 12.0. The van der Waals surface area contributed by atoms with Crippen LogP contribution in [0.4, 0.5) is 11.5 Å². The highest BCUT2D eigenvalue weighted by atomic mass is 16.7. The third kappa shape index (κ3) is 3.08. The lowest BCUT2D eigenvalue weighted by Crippen LogP contribution is -2.14. The molecule has 1 aliphatic rings. The van der Waals surface area contributed by atoms with Crippen molar-refractivity contribution in [2.45, 2.75) is 13.3 Å². The first-order chi connectivity index (χ1) is 10.8. The van der Waals surface area contributed by atoms with E-state index < -0.39 is 0 Å². The molecule has 1 aliphatic heterocycles. The van der Waals surface area contributed by atoms with Crippen molar-refractivity contribution in [2.24, 2.45) is 0 Å². The molecule has 1 amide bonds. The van der Waals surface area contributed by atoms with Crippen LogP contribution in [0.25, 0.3) is 0 Å². The molecule has 0 spiro atoms. The zero-order valence-electron chi connectivity index (χ0n) is 12.1. The van der Waals surface area contributed by atoms with Crippen LogP contribution in [-0.4, -0.2) is 29.2 Å². The first-order valence-electron chi connectivity index (χ1n) is 7.03. The quantitative estimate of drug-likeness (QED) is 0.881. The van der Waals surface area contributed by atoms with E-state index in [-0.39, 0.29) is 12.7 Å². The first kappa shape index (κ1) is 14.1. The first-order valence-corrected chi connectivity index (χ1v) is 7.03. The van der Waals surface area contributed by atoms with Crippen LogP contribution in [-0.2, 0) is 0 Å². The smallest absolute Gasteiger partial charge is 0.274 e. The number of ether oxygens (including phenoxy) is 2. The highest BCUT2D eigenvalue weighted by molar-refractivity contribution is 6.03. The highest BCUT2D eigenvalue weighted by Gasteiger charge is 2.15. The molecule has 1 aromatic heterocycles. The van der Waals surface area contributed by atoms with Crippen LogP contribution in [0.2, 0.25) is 0 Å². The fourth-order valence-electron chi connectivity index (χ4n) is 2.00. The predicted molar refractivity (Wildman–Crippen MR) is 81.3 cm³/mol. The molecule has 0 bridgehead atoms. The van der Waals surface area contributed by atoms with Gasteiger partial charge in [-0.05, 0) is 18.6 Å². The lowest BCUT2D eigenvalue weighted by molar-refractivity contribution is 0.102. The Labute approximate surface area is 127 Å². The number of hydrogen-bond donors (Lipinski definition) is 2. The summed E-state index contributed by atoms with van der Waals surface area (Å²) in [6.45, 7) is 3.05. The van der Waals surface area contributed by atoms with Gasteiger partial charge in [0.2, 0.25) is 6.79 Å². The standard InChI is InChI=1S/C15H16N4O3/c1-2-5-16-14-7-11(17-8-18-14)15(20)19-10-3-4-12-13(6-10)22-9-21-12/h3-4,6-8H,2,5,9H2,1H3,(H,19,20)(H,16,17,18). The van der Waals surface area contributed by atoms with Crippen molar-refractivity contribution >= 4 is 17.4 Å². The molecule has 0 radical (unpaired) electrons. The van der Waals surface area contributed by atoms with E-state index in [1.165, 1.54) is 6.33 Å². The zero-order valence-corrected chi connectivity index (χ0v) is 12.1. The van der Waals surface area contributed by atoms with E-state index in [0.29, 0.717) is 28.7 Å². The number of hydrogen-bond acceptors (Lipinski definition) is 6. The summed E-state index contributed by atoms with van der Waals surface area (Å²) in [6, 6.07) is 6.85. The molecule has 0 fully saturated rings. The Morgan fingerprint density at radius 3 is 2.95 bits per heavy atom. The third-order valence-corrected chi connectivity index (χ3v) is 3.09. The van der Waals surface area contributed by atoms with Gasteiger partial charge in [0.1, 0.15) is 17.8 Å². The average Bonchev–Trinajstić information content (AvgIpc) is 3.01. The topological polar surface area (TPSA) is 85.4 Å². The molecule has 2 aromatic rings. The van der Waals surface area contributed by atoms with E-state index in [4.69, 9.17) is 9.47 Å². The average molecular weight is 300 g/mol. The van der Waals surface area contributed by atoms with Crippen molar-refractivity contribution < 1.29 is 14.3 Å². The summed E-state index contributed by atoms with van der Waals surface area (Å²) in [5.74, 6) is 1.62. The van der Waals surface area contributed by atoms with E-state index in [1.54, 1.807) is 24.3 Å². The fourth-order valence-corrected chi connectivity index (χ4v) is 2.00. The van der Waals surface area contributed by atoms with Gasteiger partial charge in [-0.3, -0.25) is 4.79 Å². The molecule has 22 heavy (non-hydrogen) atoms. The van der Waals surface area contributed by atoms with Gasteiger partial charge in [-0.15, -0.1) is 0 Å². The van der Waals surface area contributed by atoms with Gasteiger partial charge < -0.3 is 20.1 Å². The van der Waals surface area contributed by atoms with E-state index in [9.17, 15) is 4.79 Å². The second-order valence-electron chi connectivity index (χ2n) is 4.74. The number of carbonyl (C=O) groups is 1. The van der Waals surface area contributed by atoms with Gasteiger partial charge in [0, 0.05) is 24.4 Å². The van der Waals surface area contributed by atoms with E-state index in [2.05, 4.69) is 27.5 Å². The van der Waals surface area contributed by atoms with Crippen LogP contribution in [0.5, 0.6) is 11.5 Å². The Morgan fingerprint density at radius 1 is 1.23 bits per heavy atom. The largest absolute Gasteiger partial charge is 0.454 e. The second-order valence-corrected chi connectivity index (χ2v) is 4.74. The molecule has 0 atom stereocenters. The van der Waals surface area contributed by atoms with Crippen molar-refractivity contribution in [1.29, 1.82) is 0 Å². The summed E-state index contributed by atoms with van der Waals surface area (Å²) in [4.78, 5) is 20.3. The molecular formula is C15H16N4O3. The van der Waals surface area contributed by atoms with E-state index in [1.807, 2.05) is 0 Å². The number of nitrogens with one attached hydrogen (secondary N) is 2. The minimum absolute atomic E-state index is 0.200. The molecule has 1 aromatic carbocycles. The Balaban J connectivity index is 1.71. The van der Waals surface area contributed by atoms with Gasteiger partial charge in [0.15, 0.2) is 11.5 Å². The van der Waals surface area contributed by atoms with Crippen molar-refractivity contribution in [2.75, 3.05) is 24.0 Å². The maximum Gasteiger partial charge on any atom is 0.274 e. The van der Waals surface area contributed by atoms with Crippen LogP contribution >= 0.6 is 0 Å². The van der Waals surface area contributed by atoms with Crippen molar-refractivity contribution in [1.82, 2.24) is 9.97 Å². The van der Waals surface area contributed by atoms with E-state index in [0.717, 1.165) is 13.0 Å². The highest BCUT2D eigenvalue weighted by Crippen LogP contribution is 2.34. The number of fused-ring (bicyclic) bond motifs is 1. The molecule has 0 aliphatic carbocycles. The molecule has 7 nitrogen and oxygen atoms in total. The summed E-state index contributed by atoms with van der Waals surface area (Å²) >= 11 is 0. The minimum Gasteiger partial charge on any atom is -0.454 e. The monoisotopic (exact) mass is 300 g/mol. The molecule has 114 valence electrons. The molecular weight excluding hydrogens is 284 g/mol. The lowest BCUT2D eigenvalue weighted by atomic mass is 10.2. The molecule has 0 saturated heterocycles. The maximum atomic E-state index is 12.2. The van der Waals surface area contributed by atoms with Crippen LogP contribution in [0.1, 0.15) is 23.8 Å². The Kier molecular flexibility index (Phi) is 4.04. The summed E-state index contributed by atoms with van der Waals surface area (Å²) in [7, 11) is 0. The summed E-state index contributed by atoms with van der Waals surface area (Å²) in [5, 5.41) is 5.90. The molecule has 2 N–H and O–H groups in total. The fraction of sp³-hybridized carbons (Fsp3) is 0.267. The Hall–Kier alpha value is -2.83. The SMILES string of the molecule is CCCNc1cc(C(=O)Nc2ccc3c(c2)OCO3)ncn1. The summed E-state index contributed by atoms with van der Waals surface area (Å²) in [5.41, 5.74) is 0.919. The number of carbonyl (C=O) groups excluding carboxylic acids is 1. The molecule has 7 heteroatoms. The van der Waals surface area contributed by atoms with Crippen LogP contribution in [0.3, 0.4) is 0 Å². The molecule has 2 heterocycles. The number of amides is 1. The van der Waals surface area contributed by atoms with Crippen LogP contribution in [0.15, 0.2) is 30.6 Å². The van der Waals surface area contributed by atoms with Gasteiger partial charge >= 0.3 is 0 Å². The van der Waals surface area contributed by atoms with Gasteiger partial charge in [-0.25, -0.2) is 9.97 Å². The van der Waals surface area contributed by atoms with Crippen molar-refractivity contribution in [3.8, 4) is 11.5 Å². The number of rotatable bonds is 5. The molecule has 0 saturated carbocycles. The van der Waals surface area contributed by atoms with Gasteiger partial charge in [-0.2, -0.15) is 0 Å². The Bertz CT molecular complexity index is 690. The van der Waals surface area contributed by atoms with Gasteiger partial charge in [-0.1, -0.05) is 6.92 Å². The summed E-state index contributed by atoms with van der Waals surface area (Å²) in [6.07, 6.45) is 2.34. The van der Waals surface area contributed by atoms with Crippen LogP contribution < -0.4 is 20.1 Å². The van der Waals surface area contributed by atoms with E-state index >= 15 is 0 Å². The third-order valence-electron chi connectivity index (χ3n) is 3.09. The van der Waals surface area contributed by atoms with Crippen LogP contribution in [0, 0.1) is 0 Å². The number of benzene rings is 1.